The maximum absolute atomic E-state index is 12.9. The van der Waals surface area contributed by atoms with Crippen molar-refractivity contribution < 1.29 is 41.8 Å². The molecule has 0 radical (unpaired) electrons. The Morgan fingerprint density at radius 1 is 1.28 bits per heavy atom. The van der Waals surface area contributed by atoms with Gasteiger partial charge < -0.3 is 23.9 Å². The van der Waals surface area contributed by atoms with Gasteiger partial charge in [-0.25, -0.2) is 4.79 Å². The summed E-state index contributed by atoms with van der Waals surface area (Å²) in [5.41, 5.74) is 1.54. The zero-order valence-electron chi connectivity index (χ0n) is 17.2. The molecule has 2 aromatic heterocycles. The van der Waals surface area contributed by atoms with Crippen molar-refractivity contribution in [3.63, 3.8) is 0 Å². The first-order valence-corrected chi connectivity index (χ1v) is 9.96. The molecule has 3 atom stereocenters. The van der Waals surface area contributed by atoms with Gasteiger partial charge in [-0.2, -0.15) is 13.2 Å². The van der Waals surface area contributed by atoms with Crippen LogP contribution in [0.3, 0.4) is 0 Å². The van der Waals surface area contributed by atoms with Gasteiger partial charge in [0.1, 0.15) is 11.9 Å². The number of ether oxygens (including phenoxy) is 2. The Bertz CT molecular complexity index is 918. The van der Waals surface area contributed by atoms with Crippen molar-refractivity contribution in [3.8, 4) is 0 Å². The van der Waals surface area contributed by atoms with E-state index in [0.29, 0.717) is 31.1 Å². The monoisotopic (exact) mass is 456 g/mol. The lowest BCUT2D eigenvalue weighted by Gasteiger charge is -2.39. The number of hydrogen-bond donors (Lipinski definition) is 1. The highest BCUT2D eigenvalue weighted by molar-refractivity contribution is 5.95. The lowest BCUT2D eigenvalue weighted by molar-refractivity contribution is -0.192. The molecule has 1 saturated carbocycles. The third-order valence-electron chi connectivity index (χ3n) is 5.30. The molecule has 0 bridgehead atoms. The average molecular weight is 456 g/mol. The van der Waals surface area contributed by atoms with Gasteiger partial charge in [-0.05, 0) is 38.0 Å². The van der Waals surface area contributed by atoms with E-state index >= 15 is 0 Å². The van der Waals surface area contributed by atoms with E-state index in [9.17, 15) is 18.0 Å². The summed E-state index contributed by atoms with van der Waals surface area (Å²) >= 11 is 0. The lowest BCUT2D eigenvalue weighted by Crippen LogP contribution is -2.53. The lowest BCUT2D eigenvalue weighted by atomic mass is 10.1. The second-order valence-corrected chi connectivity index (χ2v) is 7.34. The summed E-state index contributed by atoms with van der Waals surface area (Å²) in [7, 11) is 0. The molecule has 3 heterocycles. The van der Waals surface area contributed by atoms with E-state index in [-0.39, 0.29) is 24.2 Å². The fourth-order valence-electron chi connectivity index (χ4n) is 3.78. The number of amides is 1. The van der Waals surface area contributed by atoms with E-state index in [1.807, 2.05) is 30.0 Å². The van der Waals surface area contributed by atoms with Crippen LogP contribution in [0.2, 0.25) is 0 Å². The van der Waals surface area contributed by atoms with Crippen molar-refractivity contribution in [2.24, 2.45) is 0 Å². The maximum Gasteiger partial charge on any atom is 0.490 e. The van der Waals surface area contributed by atoms with Crippen molar-refractivity contribution >= 4 is 11.9 Å². The molecule has 174 valence electrons. The Hall–Kier alpha value is -2.92. The summed E-state index contributed by atoms with van der Waals surface area (Å²) in [6.07, 6.45) is -0.0626. The molecule has 4 rings (SSSR count). The fourth-order valence-corrected chi connectivity index (χ4v) is 3.78. The summed E-state index contributed by atoms with van der Waals surface area (Å²) in [6, 6.07) is 7.59. The van der Waals surface area contributed by atoms with Crippen LogP contribution in [0.25, 0.3) is 0 Å². The molecule has 0 aromatic carbocycles. The first kappa shape index (κ1) is 23.7. The number of carboxylic acids is 1. The van der Waals surface area contributed by atoms with Gasteiger partial charge in [-0.1, -0.05) is 6.07 Å². The zero-order valence-corrected chi connectivity index (χ0v) is 17.2. The van der Waals surface area contributed by atoms with Crippen molar-refractivity contribution in [1.82, 2.24) is 9.88 Å². The number of carboxylic acid groups (broad SMARTS) is 1. The van der Waals surface area contributed by atoms with Gasteiger partial charge >= 0.3 is 12.1 Å². The van der Waals surface area contributed by atoms with E-state index in [2.05, 4.69) is 4.98 Å². The van der Waals surface area contributed by atoms with Crippen molar-refractivity contribution in [2.45, 2.75) is 50.8 Å². The highest BCUT2D eigenvalue weighted by Crippen LogP contribution is 2.33. The number of carbonyl (C=O) groups is 2. The number of carbonyl (C=O) groups excluding carboxylic acids is 1. The van der Waals surface area contributed by atoms with Crippen LogP contribution in [0, 0.1) is 6.92 Å². The number of alkyl halides is 3. The number of aromatic nitrogens is 1. The SMILES string of the molecule is Cc1occc1C(=O)N1CCO[C@H]2[C@H](OCc3ccccn3)CC[C@@H]21.O=C(O)C(F)(F)F. The Kier molecular flexibility index (Phi) is 7.52. The van der Waals surface area contributed by atoms with E-state index in [1.165, 1.54) is 0 Å². The zero-order chi connectivity index (χ0) is 23.3. The van der Waals surface area contributed by atoms with Crippen LogP contribution >= 0.6 is 0 Å². The molecule has 8 nitrogen and oxygen atoms in total. The molecule has 1 N–H and O–H groups in total. The van der Waals surface area contributed by atoms with Gasteiger partial charge in [0.2, 0.25) is 0 Å². The largest absolute Gasteiger partial charge is 0.490 e. The van der Waals surface area contributed by atoms with Gasteiger partial charge in [0, 0.05) is 12.7 Å². The van der Waals surface area contributed by atoms with Gasteiger partial charge in [0.15, 0.2) is 0 Å². The molecular weight excluding hydrogens is 433 g/mol. The topological polar surface area (TPSA) is 102 Å². The number of halogens is 3. The Morgan fingerprint density at radius 2 is 2.03 bits per heavy atom. The molecule has 32 heavy (non-hydrogen) atoms. The minimum atomic E-state index is -5.08. The molecule has 11 heteroatoms. The fraction of sp³-hybridized carbons (Fsp3) is 0.476. The van der Waals surface area contributed by atoms with Gasteiger partial charge in [0.05, 0.1) is 42.9 Å². The molecule has 2 fully saturated rings. The van der Waals surface area contributed by atoms with Gasteiger partial charge in [0.25, 0.3) is 5.91 Å². The molecule has 2 aromatic rings. The van der Waals surface area contributed by atoms with Crippen LogP contribution in [0.15, 0.2) is 41.1 Å². The van der Waals surface area contributed by atoms with E-state index < -0.39 is 12.1 Å². The average Bonchev–Trinajstić information content (AvgIpc) is 3.38. The molecule has 1 amide bonds. The highest BCUT2D eigenvalue weighted by Gasteiger charge is 2.45. The number of fused-ring (bicyclic) bond motifs is 1. The van der Waals surface area contributed by atoms with E-state index in [4.69, 9.17) is 23.8 Å². The Balaban J connectivity index is 0.000000360. The third-order valence-corrected chi connectivity index (χ3v) is 5.30. The van der Waals surface area contributed by atoms with Crippen LogP contribution in [-0.4, -0.2) is 64.4 Å². The van der Waals surface area contributed by atoms with Crippen molar-refractivity contribution in [1.29, 1.82) is 0 Å². The van der Waals surface area contributed by atoms with Gasteiger partial charge in [-0.15, -0.1) is 0 Å². The van der Waals surface area contributed by atoms with Crippen LogP contribution in [-0.2, 0) is 20.9 Å². The predicted molar refractivity (Wildman–Crippen MR) is 104 cm³/mol. The number of morpholine rings is 1. The summed E-state index contributed by atoms with van der Waals surface area (Å²) in [5, 5.41) is 7.12. The summed E-state index contributed by atoms with van der Waals surface area (Å²) in [5.74, 6) is -2.07. The van der Waals surface area contributed by atoms with E-state index in [1.54, 1.807) is 18.5 Å². The van der Waals surface area contributed by atoms with Crippen LogP contribution in [0.4, 0.5) is 13.2 Å². The molecule has 1 aliphatic carbocycles. The van der Waals surface area contributed by atoms with Crippen molar-refractivity contribution in [2.75, 3.05) is 13.2 Å². The van der Waals surface area contributed by atoms with Crippen LogP contribution in [0.5, 0.6) is 0 Å². The third kappa shape index (κ3) is 5.65. The number of pyridine rings is 1. The molecule has 1 saturated heterocycles. The maximum atomic E-state index is 12.9. The van der Waals surface area contributed by atoms with Crippen LogP contribution in [0.1, 0.15) is 34.7 Å². The highest BCUT2D eigenvalue weighted by atomic mass is 19.4. The number of nitrogens with zero attached hydrogens (tertiary/aromatic N) is 2. The number of furan rings is 1. The summed E-state index contributed by atoms with van der Waals surface area (Å²) in [4.78, 5) is 28.0. The van der Waals surface area contributed by atoms with E-state index in [0.717, 1.165) is 18.5 Å². The number of hydrogen-bond acceptors (Lipinski definition) is 6. The number of rotatable bonds is 4. The molecular formula is C21H23F3N2O6. The standard InChI is InChI=1S/C19H22N2O4.C2HF3O2/c1-13-15(7-10-23-13)19(22)21-9-11-24-18-16(21)5-6-17(18)25-12-14-4-2-3-8-20-14;3-2(4,5)1(6)7/h2-4,7-8,10,16-18H,5-6,9,11-12H2,1H3;(H,6,7)/t16-,17+,18+;/m0./s1. The van der Waals surface area contributed by atoms with Gasteiger partial charge in [-0.3, -0.25) is 9.78 Å². The molecule has 1 aliphatic heterocycles. The minimum Gasteiger partial charge on any atom is -0.475 e. The Morgan fingerprint density at radius 3 is 2.62 bits per heavy atom. The second-order valence-electron chi connectivity index (χ2n) is 7.34. The quantitative estimate of drug-likeness (QED) is 0.754. The second kappa shape index (κ2) is 10.1. The predicted octanol–water partition coefficient (Wildman–Crippen LogP) is 3.21. The summed E-state index contributed by atoms with van der Waals surface area (Å²) < 4.78 is 49.0. The summed E-state index contributed by atoms with van der Waals surface area (Å²) in [6.45, 7) is 3.43. The number of aryl methyl sites for hydroxylation is 1. The van der Waals surface area contributed by atoms with Crippen LogP contribution < -0.4 is 0 Å². The molecule has 0 spiro atoms. The first-order valence-electron chi connectivity index (χ1n) is 9.96. The molecule has 2 aliphatic rings. The minimum absolute atomic E-state index is 0.00643. The normalized spacial score (nSPS) is 22.6. The number of aliphatic carboxylic acids is 1. The van der Waals surface area contributed by atoms with Crippen molar-refractivity contribution in [3.05, 3.63) is 53.7 Å². The molecule has 0 unspecified atom stereocenters. The first-order chi connectivity index (χ1) is 15.2. The smallest absolute Gasteiger partial charge is 0.475 e. The Labute approximate surface area is 181 Å².